The number of nitrogens with zero attached hydrogens (tertiary/aromatic N) is 3. The number of nitrogens with one attached hydrogen (secondary N) is 1. The van der Waals surface area contributed by atoms with Crippen LogP contribution in [0.5, 0.6) is 0 Å². The van der Waals surface area contributed by atoms with Gasteiger partial charge in [0.05, 0.1) is 23.2 Å². The molecule has 176 valence electrons. The van der Waals surface area contributed by atoms with Gasteiger partial charge in [-0.15, -0.1) is 0 Å². The molecule has 2 aliphatic rings. The average Bonchev–Trinajstić information content (AvgIpc) is 3.60. The van der Waals surface area contributed by atoms with Crippen LogP contribution in [0.15, 0.2) is 35.3 Å². The quantitative estimate of drug-likeness (QED) is 0.582. The van der Waals surface area contributed by atoms with E-state index in [9.17, 15) is 13.2 Å². The lowest BCUT2D eigenvalue weighted by Crippen LogP contribution is -2.41. The van der Waals surface area contributed by atoms with E-state index >= 15 is 4.39 Å². The number of alkyl halides is 1. The zero-order valence-electron chi connectivity index (χ0n) is 18.9. The molecule has 1 N–H and O–H groups in total. The van der Waals surface area contributed by atoms with Gasteiger partial charge >= 0.3 is 5.69 Å². The maximum atomic E-state index is 15.8. The van der Waals surface area contributed by atoms with E-state index in [0.717, 1.165) is 24.0 Å². The number of hydrogen-bond acceptors (Lipinski definition) is 5. The second kappa shape index (κ2) is 8.04. The van der Waals surface area contributed by atoms with Crippen LogP contribution < -0.4 is 5.69 Å². The van der Waals surface area contributed by atoms with Crippen LogP contribution in [0, 0.1) is 0 Å². The second-order valence-corrected chi connectivity index (χ2v) is 12.3. The van der Waals surface area contributed by atoms with Gasteiger partial charge in [-0.1, -0.05) is 38.1 Å². The van der Waals surface area contributed by atoms with E-state index < -0.39 is 26.4 Å². The first-order chi connectivity index (χ1) is 15.7. The summed E-state index contributed by atoms with van der Waals surface area (Å²) >= 11 is 0. The van der Waals surface area contributed by atoms with Crippen molar-refractivity contribution in [1.82, 2.24) is 19.5 Å². The topological polar surface area (TPSA) is 97.7 Å². The summed E-state index contributed by atoms with van der Waals surface area (Å²) in [6.45, 7) is 4.04. The highest BCUT2D eigenvalue weighted by atomic mass is 32.2. The monoisotopic (exact) mass is 472 g/mol. The van der Waals surface area contributed by atoms with Gasteiger partial charge in [-0.3, -0.25) is 4.57 Å². The number of H-pyrrole nitrogens is 1. The molecule has 2 aliphatic carbocycles. The van der Waals surface area contributed by atoms with Crippen LogP contribution in [0.4, 0.5) is 4.39 Å². The van der Waals surface area contributed by atoms with Gasteiger partial charge in [0.1, 0.15) is 11.2 Å². The van der Waals surface area contributed by atoms with Crippen LogP contribution in [-0.2, 0) is 16.4 Å². The molecule has 9 heteroatoms. The Hall–Kier alpha value is -2.55. The van der Waals surface area contributed by atoms with Gasteiger partial charge in [-0.05, 0) is 50.0 Å². The zero-order chi connectivity index (χ0) is 23.4. The van der Waals surface area contributed by atoms with E-state index in [2.05, 4.69) is 28.8 Å². The standard InChI is InChI=1S/C24H29FN4O3S/c1-15(2)18-5-3-4-6-19(18)21-26-13-20-22(28-21)29(23(30)27-20)14-24(25)11-9-17(10-12-24)33(31,32)16-7-8-16/h3-6,13,15-17H,7-12,14H2,1-2H3,(H,27,30). The summed E-state index contributed by atoms with van der Waals surface area (Å²) in [6.07, 6.45) is 3.87. The van der Waals surface area contributed by atoms with Gasteiger partial charge < -0.3 is 4.98 Å². The van der Waals surface area contributed by atoms with Gasteiger partial charge in [-0.25, -0.2) is 27.6 Å². The minimum atomic E-state index is -3.15. The van der Waals surface area contributed by atoms with Crippen molar-refractivity contribution in [2.24, 2.45) is 0 Å². The summed E-state index contributed by atoms with van der Waals surface area (Å²) in [5.41, 5.74) is 0.731. The molecule has 0 spiro atoms. The predicted octanol–water partition coefficient (Wildman–Crippen LogP) is 4.14. The number of imidazole rings is 1. The molecule has 0 unspecified atom stereocenters. The fraction of sp³-hybridized carbons (Fsp3) is 0.542. The number of aromatic nitrogens is 4. The Balaban J connectivity index is 1.44. The molecule has 0 amide bonds. The lowest BCUT2D eigenvalue weighted by Gasteiger charge is -2.33. The molecule has 0 radical (unpaired) electrons. The molecule has 0 atom stereocenters. The molecule has 0 saturated heterocycles. The molecule has 2 heterocycles. The number of sulfone groups is 1. The highest BCUT2D eigenvalue weighted by Gasteiger charge is 2.46. The summed E-state index contributed by atoms with van der Waals surface area (Å²) in [5.74, 6) is 0.761. The molecule has 2 aromatic heterocycles. The van der Waals surface area contributed by atoms with E-state index in [4.69, 9.17) is 0 Å². The van der Waals surface area contributed by atoms with E-state index in [1.165, 1.54) is 4.57 Å². The van der Waals surface area contributed by atoms with E-state index in [1.807, 2.05) is 24.3 Å². The number of fused-ring (bicyclic) bond motifs is 1. The van der Waals surface area contributed by atoms with Gasteiger partial charge in [0.2, 0.25) is 0 Å². The molecule has 33 heavy (non-hydrogen) atoms. The summed E-state index contributed by atoms with van der Waals surface area (Å²) < 4.78 is 42.3. The predicted molar refractivity (Wildman–Crippen MR) is 126 cm³/mol. The van der Waals surface area contributed by atoms with Crippen molar-refractivity contribution in [3.8, 4) is 11.4 Å². The Morgan fingerprint density at radius 2 is 1.82 bits per heavy atom. The molecule has 2 fully saturated rings. The van der Waals surface area contributed by atoms with Gasteiger partial charge in [-0.2, -0.15) is 0 Å². The normalized spacial score (nSPS) is 23.9. The SMILES string of the molecule is CC(C)c1ccccc1-c1ncc2[nH]c(=O)n(CC3(F)CCC(S(=O)(=O)C4CC4)CC3)c2n1. The number of rotatable bonds is 6. The van der Waals surface area contributed by atoms with Crippen LogP contribution >= 0.6 is 0 Å². The van der Waals surface area contributed by atoms with Gasteiger partial charge in [0, 0.05) is 5.56 Å². The third-order valence-electron chi connectivity index (χ3n) is 7.06. The largest absolute Gasteiger partial charge is 0.327 e. The minimum absolute atomic E-state index is 0.122. The number of benzene rings is 1. The third kappa shape index (κ3) is 4.11. The summed E-state index contributed by atoms with van der Waals surface area (Å²) in [4.78, 5) is 24.5. The smallest absolute Gasteiger partial charge is 0.303 e. The molecular formula is C24H29FN4O3S. The maximum Gasteiger partial charge on any atom is 0.327 e. The van der Waals surface area contributed by atoms with Crippen LogP contribution in [0.3, 0.4) is 0 Å². The van der Waals surface area contributed by atoms with Crippen molar-refractivity contribution >= 4 is 21.0 Å². The Morgan fingerprint density at radius 1 is 1.15 bits per heavy atom. The first-order valence-corrected chi connectivity index (χ1v) is 13.3. The summed E-state index contributed by atoms with van der Waals surface area (Å²) in [6, 6.07) is 7.87. The highest BCUT2D eigenvalue weighted by Crippen LogP contribution is 2.41. The zero-order valence-corrected chi connectivity index (χ0v) is 19.7. The fourth-order valence-corrected chi connectivity index (χ4v) is 7.20. The van der Waals surface area contributed by atoms with Crippen LogP contribution in [0.1, 0.15) is 63.9 Å². The van der Waals surface area contributed by atoms with Gasteiger partial charge in [0.15, 0.2) is 21.3 Å². The van der Waals surface area contributed by atoms with Crippen molar-refractivity contribution in [3.63, 3.8) is 0 Å². The van der Waals surface area contributed by atoms with Gasteiger partial charge in [0.25, 0.3) is 0 Å². The van der Waals surface area contributed by atoms with E-state index in [0.29, 0.717) is 29.8 Å². The van der Waals surface area contributed by atoms with E-state index in [-0.39, 0.29) is 30.6 Å². The Labute approximate surface area is 192 Å². The van der Waals surface area contributed by atoms with Crippen LogP contribution in [-0.4, -0.2) is 44.1 Å². The maximum absolute atomic E-state index is 15.8. The minimum Gasteiger partial charge on any atom is -0.303 e. The Morgan fingerprint density at radius 3 is 2.48 bits per heavy atom. The molecule has 7 nitrogen and oxygen atoms in total. The summed E-state index contributed by atoms with van der Waals surface area (Å²) in [5, 5.41) is -0.690. The number of hydrogen-bond donors (Lipinski definition) is 1. The molecule has 0 bridgehead atoms. The van der Waals surface area contributed by atoms with Crippen LogP contribution in [0.25, 0.3) is 22.6 Å². The highest BCUT2D eigenvalue weighted by molar-refractivity contribution is 7.92. The third-order valence-corrected chi connectivity index (χ3v) is 9.86. The van der Waals surface area contributed by atoms with Crippen molar-refractivity contribution in [3.05, 3.63) is 46.5 Å². The number of halogens is 1. The first-order valence-electron chi connectivity index (χ1n) is 11.6. The molecule has 0 aliphatic heterocycles. The second-order valence-electron chi connectivity index (χ2n) is 9.83. The number of aromatic amines is 1. The molecule has 3 aromatic rings. The van der Waals surface area contributed by atoms with Crippen LogP contribution in [0.2, 0.25) is 0 Å². The van der Waals surface area contributed by atoms with Crippen molar-refractivity contribution in [2.45, 2.75) is 81.0 Å². The van der Waals surface area contributed by atoms with Crippen molar-refractivity contribution < 1.29 is 12.8 Å². The van der Waals surface area contributed by atoms with Crippen molar-refractivity contribution in [1.29, 1.82) is 0 Å². The Bertz CT molecular complexity index is 1350. The summed E-state index contributed by atoms with van der Waals surface area (Å²) in [7, 11) is -3.15. The molecular weight excluding hydrogens is 443 g/mol. The molecule has 5 rings (SSSR count). The first kappa shape index (κ1) is 22.3. The molecule has 2 saturated carbocycles. The Kier molecular flexibility index (Phi) is 5.42. The lowest BCUT2D eigenvalue weighted by molar-refractivity contribution is 0.0869. The molecule has 1 aromatic carbocycles. The van der Waals surface area contributed by atoms with E-state index in [1.54, 1.807) is 6.20 Å². The fourth-order valence-electron chi connectivity index (χ4n) is 4.97. The average molecular weight is 473 g/mol. The lowest BCUT2D eigenvalue weighted by atomic mass is 9.86. The van der Waals surface area contributed by atoms with Crippen molar-refractivity contribution in [2.75, 3.05) is 0 Å².